The van der Waals surface area contributed by atoms with Gasteiger partial charge in [-0.2, -0.15) is 0 Å². The predicted molar refractivity (Wildman–Crippen MR) is 106 cm³/mol. The van der Waals surface area contributed by atoms with Crippen molar-refractivity contribution in [2.24, 2.45) is 0 Å². The fourth-order valence-electron chi connectivity index (χ4n) is 2.82. The maximum Gasteiger partial charge on any atom is 0.250 e. The van der Waals surface area contributed by atoms with Crippen LogP contribution in [-0.2, 0) is 9.53 Å². The van der Waals surface area contributed by atoms with E-state index in [0.29, 0.717) is 18.0 Å². The lowest BCUT2D eigenvalue weighted by molar-refractivity contribution is -0.120. The highest BCUT2D eigenvalue weighted by atomic mass is 16.5. The van der Waals surface area contributed by atoms with Gasteiger partial charge in [-0.05, 0) is 52.0 Å². The summed E-state index contributed by atoms with van der Waals surface area (Å²) >= 11 is 0. The highest BCUT2D eigenvalue weighted by Gasteiger charge is 2.16. The van der Waals surface area contributed by atoms with Gasteiger partial charge in [0.1, 0.15) is 23.6 Å². The fraction of sp³-hybridized carbons (Fsp3) is 0.333. The molecule has 2 heterocycles. The zero-order chi connectivity index (χ0) is 19.4. The molecular formula is C21H25N3O3. The first-order valence-electron chi connectivity index (χ1n) is 9.00. The van der Waals surface area contributed by atoms with Crippen molar-refractivity contribution in [2.75, 3.05) is 18.5 Å². The minimum atomic E-state index is -0.335. The highest BCUT2D eigenvalue weighted by Crippen LogP contribution is 2.33. The van der Waals surface area contributed by atoms with E-state index in [9.17, 15) is 4.79 Å². The Kier molecular flexibility index (Phi) is 5.46. The summed E-state index contributed by atoms with van der Waals surface area (Å²) in [6, 6.07) is 11.6. The molecule has 6 nitrogen and oxygen atoms in total. The first-order valence-corrected chi connectivity index (χ1v) is 9.00. The quantitative estimate of drug-likeness (QED) is 0.711. The van der Waals surface area contributed by atoms with Crippen molar-refractivity contribution < 1.29 is 14.3 Å². The van der Waals surface area contributed by atoms with E-state index >= 15 is 0 Å². The van der Waals surface area contributed by atoms with Crippen LogP contribution in [-0.4, -0.2) is 34.1 Å². The third kappa shape index (κ3) is 4.65. The van der Waals surface area contributed by atoms with E-state index in [1.807, 2.05) is 74.7 Å². The van der Waals surface area contributed by atoms with Crippen LogP contribution in [0.15, 0.2) is 48.8 Å². The van der Waals surface area contributed by atoms with Gasteiger partial charge in [0, 0.05) is 30.6 Å². The third-order valence-electron chi connectivity index (χ3n) is 3.83. The maximum absolute atomic E-state index is 12.3. The lowest BCUT2D eigenvalue weighted by Gasteiger charge is -2.22. The molecule has 0 aliphatic carbocycles. The molecule has 0 radical (unpaired) electrons. The van der Waals surface area contributed by atoms with Crippen LogP contribution in [0.5, 0.6) is 5.75 Å². The van der Waals surface area contributed by atoms with Crippen LogP contribution >= 0.6 is 0 Å². The number of carbonyl (C=O) groups is 1. The molecular weight excluding hydrogens is 342 g/mol. The number of aromatic nitrogens is 2. The Morgan fingerprint density at radius 2 is 2.04 bits per heavy atom. The van der Waals surface area contributed by atoms with E-state index in [-0.39, 0.29) is 18.1 Å². The summed E-state index contributed by atoms with van der Waals surface area (Å²) in [5, 5.41) is 2.95. The number of ether oxygens (including phenoxy) is 2. The van der Waals surface area contributed by atoms with E-state index in [0.717, 1.165) is 16.9 Å². The van der Waals surface area contributed by atoms with Crippen molar-refractivity contribution >= 4 is 17.2 Å². The Balaban J connectivity index is 2.03. The number of carbonyl (C=O) groups excluding carboxylic acids is 1. The summed E-state index contributed by atoms with van der Waals surface area (Å²) in [5.74, 6) is 0.486. The molecule has 3 rings (SSSR count). The van der Waals surface area contributed by atoms with Crippen molar-refractivity contribution in [1.82, 2.24) is 9.38 Å². The molecule has 0 saturated heterocycles. The summed E-state index contributed by atoms with van der Waals surface area (Å²) in [6.07, 6.45) is 3.65. The molecule has 142 valence electrons. The monoisotopic (exact) mass is 367 g/mol. The topological polar surface area (TPSA) is 64.9 Å². The van der Waals surface area contributed by atoms with Crippen LogP contribution in [0.3, 0.4) is 0 Å². The van der Waals surface area contributed by atoms with E-state index in [4.69, 9.17) is 9.47 Å². The zero-order valence-electron chi connectivity index (χ0n) is 16.2. The molecule has 0 aliphatic heterocycles. The Morgan fingerprint density at radius 3 is 2.78 bits per heavy atom. The molecule has 1 N–H and O–H groups in total. The number of hydrogen-bond donors (Lipinski definition) is 1. The molecule has 3 aromatic rings. The number of pyridine rings is 1. The molecule has 0 unspecified atom stereocenters. The number of amides is 1. The SMILES string of the molecule is CCOCC(=O)Nc1cc(OC(C)(C)C)ccc1-c1cccc2nccn12. The Labute approximate surface area is 159 Å². The smallest absolute Gasteiger partial charge is 0.250 e. The molecule has 0 aliphatic rings. The Morgan fingerprint density at radius 1 is 1.22 bits per heavy atom. The summed E-state index contributed by atoms with van der Waals surface area (Å²) in [5.41, 5.74) is 2.99. The number of anilines is 1. The van der Waals surface area contributed by atoms with E-state index in [1.54, 1.807) is 6.20 Å². The summed E-state index contributed by atoms with van der Waals surface area (Å²) in [7, 11) is 0. The van der Waals surface area contributed by atoms with Gasteiger partial charge < -0.3 is 14.8 Å². The molecule has 0 bridgehead atoms. The van der Waals surface area contributed by atoms with Crippen LogP contribution in [0.4, 0.5) is 5.69 Å². The highest BCUT2D eigenvalue weighted by molar-refractivity contribution is 5.96. The average molecular weight is 367 g/mol. The fourth-order valence-corrected chi connectivity index (χ4v) is 2.82. The number of fused-ring (bicyclic) bond motifs is 1. The summed E-state index contributed by atoms with van der Waals surface area (Å²) in [4.78, 5) is 16.6. The number of nitrogens with one attached hydrogen (secondary N) is 1. The van der Waals surface area contributed by atoms with Gasteiger partial charge in [0.25, 0.3) is 0 Å². The summed E-state index contributed by atoms with van der Waals surface area (Å²) < 4.78 is 13.2. The lowest BCUT2D eigenvalue weighted by Crippen LogP contribution is -2.23. The zero-order valence-corrected chi connectivity index (χ0v) is 16.2. The van der Waals surface area contributed by atoms with Gasteiger partial charge in [-0.1, -0.05) is 6.07 Å². The molecule has 2 aromatic heterocycles. The minimum Gasteiger partial charge on any atom is -0.488 e. The standard InChI is InChI=1S/C21H25N3O3/c1-5-26-14-20(25)23-17-13-15(27-21(2,3)4)9-10-16(17)18-7-6-8-19-22-11-12-24(18)19/h6-13H,5,14H2,1-4H3,(H,23,25). The van der Waals surface area contributed by atoms with Gasteiger partial charge in [0.2, 0.25) is 5.91 Å². The first-order chi connectivity index (χ1) is 12.9. The van der Waals surface area contributed by atoms with Crippen LogP contribution in [0, 0.1) is 0 Å². The number of hydrogen-bond acceptors (Lipinski definition) is 4. The van der Waals surface area contributed by atoms with Gasteiger partial charge in [-0.25, -0.2) is 4.98 Å². The molecule has 0 fully saturated rings. The second-order valence-corrected chi connectivity index (χ2v) is 7.17. The first kappa shape index (κ1) is 18.9. The molecule has 6 heteroatoms. The molecule has 0 saturated carbocycles. The van der Waals surface area contributed by atoms with Crippen LogP contribution in [0.25, 0.3) is 16.9 Å². The number of imidazole rings is 1. The summed E-state index contributed by atoms with van der Waals surface area (Å²) in [6.45, 7) is 8.31. The van der Waals surface area contributed by atoms with E-state index in [2.05, 4.69) is 10.3 Å². The molecule has 1 amide bonds. The number of benzene rings is 1. The molecule has 0 atom stereocenters. The van der Waals surface area contributed by atoms with Gasteiger partial charge in [-0.15, -0.1) is 0 Å². The lowest BCUT2D eigenvalue weighted by atomic mass is 10.1. The second-order valence-electron chi connectivity index (χ2n) is 7.17. The van der Waals surface area contributed by atoms with Crippen LogP contribution in [0.2, 0.25) is 0 Å². The molecule has 0 spiro atoms. The van der Waals surface area contributed by atoms with Crippen LogP contribution in [0.1, 0.15) is 27.7 Å². The Hall–Kier alpha value is -2.86. The van der Waals surface area contributed by atoms with Crippen molar-refractivity contribution in [3.8, 4) is 17.0 Å². The maximum atomic E-state index is 12.3. The normalized spacial score (nSPS) is 11.6. The minimum absolute atomic E-state index is 0.00950. The molecule has 27 heavy (non-hydrogen) atoms. The number of rotatable bonds is 6. The largest absolute Gasteiger partial charge is 0.488 e. The van der Waals surface area contributed by atoms with Crippen molar-refractivity contribution in [2.45, 2.75) is 33.3 Å². The second kappa shape index (κ2) is 7.80. The predicted octanol–water partition coefficient (Wildman–Crippen LogP) is 4.15. The third-order valence-corrected chi connectivity index (χ3v) is 3.83. The van der Waals surface area contributed by atoms with Crippen molar-refractivity contribution in [1.29, 1.82) is 0 Å². The van der Waals surface area contributed by atoms with Gasteiger partial charge in [-0.3, -0.25) is 9.20 Å². The van der Waals surface area contributed by atoms with Gasteiger partial charge in [0.05, 0.1) is 11.4 Å². The van der Waals surface area contributed by atoms with E-state index < -0.39 is 0 Å². The van der Waals surface area contributed by atoms with Gasteiger partial charge >= 0.3 is 0 Å². The van der Waals surface area contributed by atoms with Crippen LogP contribution < -0.4 is 10.1 Å². The van der Waals surface area contributed by atoms with Crippen molar-refractivity contribution in [3.63, 3.8) is 0 Å². The molecule has 1 aromatic carbocycles. The van der Waals surface area contributed by atoms with Gasteiger partial charge in [0.15, 0.2) is 0 Å². The number of nitrogens with zero attached hydrogens (tertiary/aromatic N) is 2. The van der Waals surface area contributed by atoms with Crippen molar-refractivity contribution in [3.05, 3.63) is 48.8 Å². The van der Waals surface area contributed by atoms with E-state index in [1.165, 1.54) is 0 Å². The average Bonchev–Trinajstić information content (AvgIpc) is 3.08. The Bertz CT molecular complexity index is 941.